The molecule has 40 heavy (non-hydrogen) atoms. The third kappa shape index (κ3) is 4.68. The molecule has 206 valence electrons. The normalized spacial score (nSPS) is 18.7. The van der Waals surface area contributed by atoms with E-state index in [0.717, 1.165) is 17.5 Å². The fourth-order valence-corrected chi connectivity index (χ4v) is 5.56. The van der Waals surface area contributed by atoms with Gasteiger partial charge in [0.15, 0.2) is 0 Å². The van der Waals surface area contributed by atoms with Gasteiger partial charge >= 0.3 is 6.03 Å². The van der Waals surface area contributed by atoms with Gasteiger partial charge in [0, 0.05) is 25.3 Å². The molecule has 0 bridgehead atoms. The lowest BCUT2D eigenvalue weighted by Crippen LogP contribution is -2.39. The predicted octanol–water partition coefficient (Wildman–Crippen LogP) is 4.95. The molecular weight excluding hydrogens is 513 g/mol. The Morgan fingerprint density at radius 3 is 2.73 bits per heavy atom. The van der Waals surface area contributed by atoms with Gasteiger partial charge in [-0.1, -0.05) is 31.2 Å². The lowest BCUT2D eigenvalue weighted by molar-refractivity contribution is 0.0671. The molecule has 9 nitrogen and oxygen atoms in total. The Hall–Kier alpha value is -4.31. The van der Waals surface area contributed by atoms with Crippen molar-refractivity contribution in [2.45, 2.75) is 45.3 Å². The fraction of sp³-hybridized carbons (Fsp3) is 0.333. The number of pyridine rings is 1. The standard InChI is InChI=1S/C30H30FN5O4/c1-3-18-14-25(29(38)36-13-10-19-6-4-5-7-22(19)17(36)2)33-28-26(18)34-27(40-28)23-9-8-20(15-24(23)31)32-30(39)35-12-11-21(37)16-35/h4-9,14-15,17,21,37H,3,10-13,16H2,1-2H3,(H,32,39)/t17-,21-/m1/s1. The number of fused-ring (bicyclic) bond motifs is 2. The molecule has 1 fully saturated rings. The quantitative estimate of drug-likeness (QED) is 0.377. The Morgan fingerprint density at radius 1 is 1.15 bits per heavy atom. The molecule has 2 aromatic carbocycles. The minimum Gasteiger partial charge on any atom is -0.418 e. The number of urea groups is 1. The van der Waals surface area contributed by atoms with Gasteiger partial charge in [-0.15, -0.1) is 0 Å². The van der Waals surface area contributed by atoms with E-state index < -0.39 is 18.0 Å². The van der Waals surface area contributed by atoms with E-state index in [4.69, 9.17) is 4.42 Å². The number of carbonyl (C=O) groups is 2. The SMILES string of the molecule is CCc1cc(C(=O)N2CCc3ccccc3[C@H]2C)nc2oc(-c3ccc(NC(=O)N4CC[C@@H](O)C4)cc3F)nc12. The summed E-state index contributed by atoms with van der Waals surface area (Å²) in [5, 5.41) is 12.3. The number of aliphatic hydroxyl groups excluding tert-OH is 1. The second kappa shape index (κ2) is 10.3. The number of β-amino-alcohol motifs (C(OH)–C–C–N with tert-alkyl or cyclic N) is 1. The molecule has 2 aromatic heterocycles. The van der Waals surface area contributed by atoms with Crippen LogP contribution in [0.4, 0.5) is 14.9 Å². The first-order valence-corrected chi connectivity index (χ1v) is 13.6. The maximum Gasteiger partial charge on any atom is 0.321 e. The zero-order chi connectivity index (χ0) is 28.0. The van der Waals surface area contributed by atoms with Crippen molar-refractivity contribution in [3.05, 3.63) is 76.7 Å². The molecule has 2 aliphatic heterocycles. The highest BCUT2D eigenvalue weighted by molar-refractivity contribution is 5.95. The van der Waals surface area contributed by atoms with Crippen molar-refractivity contribution >= 4 is 28.9 Å². The van der Waals surface area contributed by atoms with Crippen molar-refractivity contribution in [2.75, 3.05) is 25.0 Å². The van der Waals surface area contributed by atoms with Crippen molar-refractivity contribution in [3.63, 3.8) is 0 Å². The van der Waals surface area contributed by atoms with Crippen LogP contribution in [-0.4, -0.2) is 62.6 Å². The lowest BCUT2D eigenvalue weighted by Gasteiger charge is -2.35. The molecule has 1 saturated heterocycles. The number of nitrogens with zero attached hydrogens (tertiary/aromatic N) is 4. The fourth-order valence-electron chi connectivity index (χ4n) is 5.56. The number of anilines is 1. The number of aliphatic hydroxyl groups is 1. The molecule has 0 radical (unpaired) electrons. The van der Waals surface area contributed by atoms with Gasteiger partial charge in [-0.3, -0.25) is 4.79 Å². The zero-order valence-electron chi connectivity index (χ0n) is 22.4. The number of rotatable bonds is 4. The highest BCUT2D eigenvalue weighted by atomic mass is 19.1. The first kappa shape index (κ1) is 25.9. The molecule has 6 rings (SSSR count). The van der Waals surface area contributed by atoms with Gasteiger partial charge in [-0.2, -0.15) is 0 Å². The third-order valence-corrected chi connectivity index (χ3v) is 7.80. The largest absolute Gasteiger partial charge is 0.418 e. The number of likely N-dealkylation sites (tertiary alicyclic amines) is 1. The van der Waals surface area contributed by atoms with Crippen LogP contribution in [0.3, 0.4) is 0 Å². The zero-order valence-corrected chi connectivity index (χ0v) is 22.4. The predicted molar refractivity (Wildman–Crippen MR) is 147 cm³/mol. The summed E-state index contributed by atoms with van der Waals surface area (Å²) in [5.41, 5.74) is 4.48. The second-order valence-corrected chi connectivity index (χ2v) is 10.3. The summed E-state index contributed by atoms with van der Waals surface area (Å²) in [4.78, 5) is 38.3. The molecule has 3 amide bonds. The van der Waals surface area contributed by atoms with Crippen LogP contribution >= 0.6 is 0 Å². The summed E-state index contributed by atoms with van der Waals surface area (Å²) in [7, 11) is 0. The molecule has 4 aromatic rings. The van der Waals surface area contributed by atoms with Crippen LogP contribution in [-0.2, 0) is 12.8 Å². The Bertz CT molecular complexity index is 1620. The average Bonchev–Trinajstić information content (AvgIpc) is 3.59. The second-order valence-electron chi connectivity index (χ2n) is 10.3. The van der Waals surface area contributed by atoms with E-state index in [1.165, 1.54) is 22.6 Å². The number of carbonyl (C=O) groups excluding carboxylic acids is 2. The Morgan fingerprint density at radius 2 is 1.98 bits per heavy atom. The number of amides is 3. The number of nitrogens with one attached hydrogen (secondary N) is 1. The summed E-state index contributed by atoms with van der Waals surface area (Å²) in [6.45, 7) is 5.25. The number of hydrogen-bond donors (Lipinski definition) is 2. The van der Waals surface area contributed by atoms with Crippen molar-refractivity contribution < 1.29 is 23.5 Å². The van der Waals surface area contributed by atoms with Gasteiger partial charge in [-0.05, 0) is 67.1 Å². The van der Waals surface area contributed by atoms with Crippen molar-refractivity contribution in [2.24, 2.45) is 0 Å². The summed E-state index contributed by atoms with van der Waals surface area (Å²) >= 11 is 0. The van der Waals surface area contributed by atoms with Crippen molar-refractivity contribution in [1.82, 2.24) is 19.8 Å². The van der Waals surface area contributed by atoms with E-state index >= 15 is 4.39 Å². The van der Waals surface area contributed by atoms with Crippen LogP contribution in [0.5, 0.6) is 0 Å². The van der Waals surface area contributed by atoms with E-state index in [9.17, 15) is 14.7 Å². The summed E-state index contributed by atoms with van der Waals surface area (Å²) in [6, 6.07) is 13.7. The molecule has 0 saturated carbocycles. The third-order valence-electron chi connectivity index (χ3n) is 7.80. The maximum atomic E-state index is 15.2. The van der Waals surface area contributed by atoms with Gasteiger partial charge < -0.3 is 24.6 Å². The van der Waals surface area contributed by atoms with E-state index in [-0.39, 0.29) is 47.0 Å². The number of halogens is 1. The van der Waals surface area contributed by atoms with Gasteiger partial charge in [0.05, 0.1) is 17.7 Å². The molecular formula is C30H30FN5O4. The smallest absolute Gasteiger partial charge is 0.321 e. The molecule has 2 atom stereocenters. The van der Waals surface area contributed by atoms with Crippen LogP contribution < -0.4 is 5.32 Å². The molecule has 0 spiro atoms. The van der Waals surface area contributed by atoms with Crippen LogP contribution in [0.15, 0.2) is 52.9 Å². The Kier molecular flexibility index (Phi) is 6.71. The van der Waals surface area contributed by atoms with Crippen LogP contribution in [0, 0.1) is 5.82 Å². The molecule has 2 aliphatic rings. The van der Waals surface area contributed by atoms with E-state index in [0.29, 0.717) is 31.4 Å². The highest BCUT2D eigenvalue weighted by Crippen LogP contribution is 2.32. The molecule has 10 heteroatoms. The highest BCUT2D eigenvalue weighted by Gasteiger charge is 2.30. The van der Waals surface area contributed by atoms with Crippen molar-refractivity contribution in [3.8, 4) is 11.5 Å². The molecule has 2 N–H and O–H groups in total. The van der Waals surface area contributed by atoms with E-state index in [1.807, 2.05) is 30.9 Å². The molecule has 4 heterocycles. The Labute approximate surface area is 230 Å². The molecule has 0 aliphatic carbocycles. The average molecular weight is 544 g/mol. The first-order valence-electron chi connectivity index (χ1n) is 13.6. The summed E-state index contributed by atoms with van der Waals surface area (Å²) in [5.74, 6) is -0.769. The summed E-state index contributed by atoms with van der Waals surface area (Å²) in [6.07, 6.45) is 1.34. The number of hydrogen-bond acceptors (Lipinski definition) is 6. The van der Waals surface area contributed by atoms with Crippen molar-refractivity contribution in [1.29, 1.82) is 0 Å². The first-order chi connectivity index (χ1) is 19.3. The Balaban J connectivity index is 1.26. The number of aromatic nitrogens is 2. The number of benzene rings is 2. The van der Waals surface area contributed by atoms with Gasteiger partial charge in [0.2, 0.25) is 11.6 Å². The topological polar surface area (TPSA) is 112 Å². The van der Waals surface area contributed by atoms with E-state index in [2.05, 4.69) is 27.4 Å². The van der Waals surface area contributed by atoms with Gasteiger partial charge in [-0.25, -0.2) is 19.2 Å². The van der Waals surface area contributed by atoms with Crippen LogP contribution in [0.2, 0.25) is 0 Å². The van der Waals surface area contributed by atoms with Gasteiger partial charge in [0.1, 0.15) is 17.0 Å². The molecule has 0 unspecified atom stereocenters. The monoisotopic (exact) mass is 543 g/mol. The van der Waals surface area contributed by atoms with Crippen LogP contribution in [0.1, 0.15) is 53.5 Å². The van der Waals surface area contributed by atoms with Crippen LogP contribution in [0.25, 0.3) is 22.7 Å². The van der Waals surface area contributed by atoms with E-state index in [1.54, 1.807) is 12.1 Å². The summed E-state index contributed by atoms with van der Waals surface area (Å²) < 4.78 is 21.1. The maximum absolute atomic E-state index is 15.2. The van der Waals surface area contributed by atoms with Gasteiger partial charge in [0.25, 0.3) is 5.91 Å². The minimum absolute atomic E-state index is 0.0418. The lowest BCUT2D eigenvalue weighted by atomic mass is 9.93. The minimum atomic E-state index is -0.624. The number of oxazole rings is 1. The number of aryl methyl sites for hydroxylation is 1.